The van der Waals surface area contributed by atoms with Crippen LogP contribution in [0.15, 0.2) is 34.9 Å². The zero-order valence-corrected chi connectivity index (χ0v) is 13.4. The molecule has 120 valence electrons. The van der Waals surface area contributed by atoms with Gasteiger partial charge in [0.1, 0.15) is 5.75 Å². The first-order valence-electron chi connectivity index (χ1n) is 7.06. The Labute approximate surface area is 138 Å². The molecule has 23 heavy (non-hydrogen) atoms. The largest absolute Gasteiger partial charge is 0.508 e. The molecule has 1 aliphatic rings. The van der Waals surface area contributed by atoms with E-state index in [1.54, 1.807) is 19.1 Å². The zero-order chi connectivity index (χ0) is 16.8. The number of nitrogens with zero attached hydrogens (tertiary/aromatic N) is 1. The number of esters is 1. The first-order chi connectivity index (χ1) is 11.0. The lowest BCUT2D eigenvalue weighted by molar-refractivity contribution is -0.139. The second kappa shape index (κ2) is 7.70. The van der Waals surface area contributed by atoms with E-state index in [1.165, 1.54) is 12.1 Å². The van der Waals surface area contributed by atoms with E-state index < -0.39 is 5.97 Å². The number of nitriles is 1. The highest BCUT2D eigenvalue weighted by Gasteiger charge is 2.29. The SMILES string of the molecule is CCOC(=O)CSC1=C(C#N)[C@@H](c2ccc(O)cc2)CC(=O)N1. The molecule has 2 N–H and O–H groups in total. The van der Waals surface area contributed by atoms with Gasteiger partial charge in [0, 0.05) is 12.3 Å². The molecular weight excluding hydrogens is 316 g/mol. The number of thioether (sulfide) groups is 1. The lowest BCUT2D eigenvalue weighted by Crippen LogP contribution is -2.31. The Morgan fingerprint density at radius 2 is 2.17 bits per heavy atom. The van der Waals surface area contributed by atoms with Gasteiger partial charge in [0.25, 0.3) is 0 Å². The van der Waals surface area contributed by atoms with E-state index in [4.69, 9.17) is 4.74 Å². The Balaban J connectivity index is 2.26. The Kier molecular flexibility index (Phi) is 5.66. The quantitative estimate of drug-likeness (QED) is 0.800. The van der Waals surface area contributed by atoms with Gasteiger partial charge in [-0.15, -0.1) is 0 Å². The molecule has 1 atom stereocenters. The molecule has 6 nitrogen and oxygen atoms in total. The fraction of sp³-hybridized carbons (Fsp3) is 0.312. The van der Waals surface area contributed by atoms with Crippen LogP contribution in [0.4, 0.5) is 0 Å². The molecule has 0 spiro atoms. The van der Waals surface area contributed by atoms with Gasteiger partial charge in [-0.05, 0) is 24.6 Å². The molecule has 7 heteroatoms. The van der Waals surface area contributed by atoms with E-state index >= 15 is 0 Å². The Hall–Kier alpha value is -2.46. The lowest BCUT2D eigenvalue weighted by Gasteiger charge is -2.25. The first-order valence-corrected chi connectivity index (χ1v) is 8.05. The van der Waals surface area contributed by atoms with Crippen molar-refractivity contribution in [3.05, 3.63) is 40.4 Å². The van der Waals surface area contributed by atoms with Crippen molar-refractivity contribution in [3.63, 3.8) is 0 Å². The summed E-state index contributed by atoms with van der Waals surface area (Å²) in [6.45, 7) is 2.00. The summed E-state index contributed by atoms with van der Waals surface area (Å²) in [5.41, 5.74) is 1.17. The van der Waals surface area contributed by atoms with Gasteiger partial charge in [0.05, 0.1) is 29.0 Å². The van der Waals surface area contributed by atoms with Crippen LogP contribution in [-0.4, -0.2) is 29.3 Å². The first kappa shape index (κ1) is 16.9. The third-order valence-electron chi connectivity index (χ3n) is 3.29. The molecule has 0 saturated heterocycles. The monoisotopic (exact) mass is 332 g/mol. The molecule has 0 radical (unpaired) electrons. The number of amides is 1. The molecule has 1 aliphatic heterocycles. The molecule has 0 aromatic heterocycles. The maximum Gasteiger partial charge on any atom is 0.316 e. The molecule has 0 saturated carbocycles. The lowest BCUT2D eigenvalue weighted by atomic mass is 9.87. The third kappa shape index (κ3) is 4.27. The van der Waals surface area contributed by atoms with Gasteiger partial charge in [-0.2, -0.15) is 5.26 Å². The summed E-state index contributed by atoms with van der Waals surface area (Å²) in [6.07, 6.45) is 0.150. The number of carbonyl (C=O) groups excluding carboxylic acids is 2. The van der Waals surface area contributed by atoms with Gasteiger partial charge in [0.15, 0.2) is 0 Å². The van der Waals surface area contributed by atoms with Crippen molar-refractivity contribution < 1.29 is 19.4 Å². The summed E-state index contributed by atoms with van der Waals surface area (Å²) in [6, 6.07) is 8.52. The van der Waals surface area contributed by atoms with Crippen LogP contribution in [0.1, 0.15) is 24.8 Å². The smallest absolute Gasteiger partial charge is 0.316 e. The average molecular weight is 332 g/mol. The number of carbonyl (C=O) groups is 2. The highest BCUT2D eigenvalue weighted by atomic mass is 32.2. The minimum atomic E-state index is -0.400. The maximum absolute atomic E-state index is 11.9. The van der Waals surface area contributed by atoms with Crippen LogP contribution in [0.25, 0.3) is 0 Å². The van der Waals surface area contributed by atoms with E-state index in [-0.39, 0.29) is 36.4 Å². The minimum absolute atomic E-state index is 0.0247. The summed E-state index contributed by atoms with van der Waals surface area (Å²) >= 11 is 1.08. The number of phenols is 1. The van der Waals surface area contributed by atoms with Gasteiger partial charge in [-0.3, -0.25) is 9.59 Å². The molecule has 1 aromatic rings. The van der Waals surface area contributed by atoms with E-state index in [1.807, 2.05) is 0 Å². The minimum Gasteiger partial charge on any atom is -0.508 e. The van der Waals surface area contributed by atoms with Crippen LogP contribution < -0.4 is 5.32 Å². The summed E-state index contributed by atoms with van der Waals surface area (Å²) in [5.74, 6) is -0.860. The number of benzene rings is 1. The highest BCUT2D eigenvalue weighted by Crippen LogP contribution is 2.36. The standard InChI is InChI=1S/C16H16N2O4S/c1-2-22-15(21)9-23-16-13(8-17)12(7-14(20)18-16)10-3-5-11(19)6-4-10/h3-6,12,19H,2,7,9H2,1H3,(H,18,20)/t12-/m1/s1. The molecule has 1 heterocycles. The van der Waals surface area contributed by atoms with Crippen molar-refractivity contribution in [1.29, 1.82) is 5.26 Å². The molecule has 1 aromatic carbocycles. The van der Waals surface area contributed by atoms with E-state index in [9.17, 15) is 20.0 Å². The van der Waals surface area contributed by atoms with Crippen LogP contribution in [0.2, 0.25) is 0 Å². The summed E-state index contributed by atoms with van der Waals surface area (Å²) in [5, 5.41) is 21.9. The Bertz CT molecular complexity index is 676. The van der Waals surface area contributed by atoms with E-state index in [2.05, 4.69) is 11.4 Å². The Morgan fingerprint density at radius 1 is 1.48 bits per heavy atom. The Morgan fingerprint density at radius 3 is 2.78 bits per heavy atom. The summed E-state index contributed by atoms with van der Waals surface area (Å²) in [7, 11) is 0. The van der Waals surface area contributed by atoms with Gasteiger partial charge in [-0.25, -0.2) is 0 Å². The topological polar surface area (TPSA) is 99.4 Å². The van der Waals surface area contributed by atoms with Crippen LogP contribution >= 0.6 is 11.8 Å². The number of ether oxygens (including phenoxy) is 1. The number of rotatable bonds is 5. The van der Waals surface area contributed by atoms with Crippen LogP contribution in [0, 0.1) is 11.3 Å². The number of hydrogen-bond acceptors (Lipinski definition) is 6. The van der Waals surface area contributed by atoms with E-state index in [0.29, 0.717) is 10.6 Å². The van der Waals surface area contributed by atoms with Crippen molar-refractivity contribution in [1.82, 2.24) is 5.32 Å². The number of hydrogen-bond donors (Lipinski definition) is 2. The third-order valence-corrected chi connectivity index (χ3v) is 4.28. The van der Waals surface area contributed by atoms with Crippen LogP contribution in [0.3, 0.4) is 0 Å². The number of allylic oxidation sites excluding steroid dienone is 1. The molecular formula is C16H16N2O4S. The number of aromatic hydroxyl groups is 1. The predicted molar refractivity (Wildman–Crippen MR) is 85.3 cm³/mol. The fourth-order valence-electron chi connectivity index (χ4n) is 2.26. The predicted octanol–water partition coefficient (Wildman–Crippen LogP) is 2.03. The van der Waals surface area contributed by atoms with Crippen molar-refractivity contribution in [2.24, 2.45) is 0 Å². The zero-order valence-electron chi connectivity index (χ0n) is 12.5. The summed E-state index contributed by atoms with van der Waals surface area (Å²) < 4.78 is 4.85. The number of nitrogens with one attached hydrogen (secondary N) is 1. The second-order valence-electron chi connectivity index (χ2n) is 4.84. The maximum atomic E-state index is 11.9. The van der Waals surface area contributed by atoms with Crippen molar-refractivity contribution in [2.45, 2.75) is 19.3 Å². The average Bonchev–Trinajstić information content (AvgIpc) is 2.53. The highest BCUT2D eigenvalue weighted by molar-refractivity contribution is 8.03. The van der Waals surface area contributed by atoms with Crippen LogP contribution in [-0.2, 0) is 14.3 Å². The van der Waals surface area contributed by atoms with Gasteiger partial charge in [-0.1, -0.05) is 23.9 Å². The van der Waals surface area contributed by atoms with Crippen molar-refractivity contribution in [2.75, 3.05) is 12.4 Å². The summed E-state index contributed by atoms with van der Waals surface area (Å²) in [4.78, 5) is 23.4. The fourth-order valence-corrected chi connectivity index (χ4v) is 3.13. The van der Waals surface area contributed by atoms with Crippen molar-refractivity contribution in [3.8, 4) is 11.8 Å². The molecule has 0 fully saturated rings. The normalized spacial score (nSPS) is 17.4. The van der Waals surface area contributed by atoms with Gasteiger partial charge in [0.2, 0.25) is 5.91 Å². The van der Waals surface area contributed by atoms with Gasteiger partial charge < -0.3 is 15.2 Å². The van der Waals surface area contributed by atoms with Crippen LogP contribution in [0.5, 0.6) is 5.75 Å². The molecule has 0 aliphatic carbocycles. The second-order valence-corrected chi connectivity index (χ2v) is 5.83. The molecule has 1 amide bonds. The van der Waals surface area contributed by atoms with E-state index in [0.717, 1.165) is 17.3 Å². The molecule has 2 rings (SSSR count). The van der Waals surface area contributed by atoms with Crippen molar-refractivity contribution >= 4 is 23.6 Å². The molecule has 0 unspecified atom stereocenters. The molecule has 0 bridgehead atoms. The number of phenolic OH excluding ortho intramolecular Hbond substituents is 1. The van der Waals surface area contributed by atoms with Gasteiger partial charge >= 0.3 is 5.97 Å².